The number of hydrogen-bond acceptors (Lipinski definition) is 1. The van der Waals surface area contributed by atoms with Crippen molar-refractivity contribution in [3.05, 3.63) is 29.3 Å². The molecule has 1 heteroatoms. The normalized spacial score (nSPS) is 12.6. The minimum absolute atomic E-state index is 0.579. The molecule has 0 saturated carbocycles. The summed E-state index contributed by atoms with van der Waals surface area (Å²) in [4.78, 5) is 0. The van der Waals surface area contributed by atoms with Crippen LogP contribution >= 0.6 is 0 Å². The van der Waals surface area contributed by atoms with E-state index in [4.69, 9.17) is 4.74 Å². The van der Waals surface area contributed by atoms with Crippen molar-refractivity contribution < 1.29 is 4.74 Å². The Hall–Kier alpha value is -0.980. The van der Waals surface area contributed by atoms with E-state index in [9.17, 15) is 0 Å². The fourth-order valence-corrected chi connectivity index (χ4v) is 1.60. The highest BCUT2D eigenvalue weighted by Crippen LogP contribution is 2.29. The molecule has 0 aliphatic heterocycles. The van der Waals surface area contributed by atoms with E-state index >= 15 is 0 Å². The standard InChI is InChI=1S/C13H20O/c1-5-10(3)12-8-7-11(6-2)9-13(12)14-4/h7-10H,5-6H2,1-4H3. The molecule has 0 heterocycles. The summed E-state index contributed by atoms with van der Waals surface area (Å²) in [5, 5.41) is 0. The van der Waals surface area contributed by atoms with Gasteiger partial charge in [0.05, 0.1) is 7.11 Å². The third-order valence-corrected chi connectivity index (χ3v) is 2.85. The molecule has 78 valence electrons. The van der Waals surface area contributed by atoms with E-state index < -0.39 is 0 Å². The average Bonchev–Trinajstić information content (AvgIpc) is 2.27. The van der Waals surface area contributed by atoms with Crippen molar-refractivity contribution in [3.63, 3.8) is 0 Å². The lowest BCUT2D eigenvalue weighted by molar-refractivity contribution is 0.405. The first-order chi connectivity index (χ1) is 6.72. The second-order valence-corrected chi connectivity index (χ2v) is 3.74. The second kappa shape index (κ2) is 5.04. The zero-order valence-corrected chi connectivity index (χ0v) is 9.63. The van der Waals surface area contributed by atoms with Gasteiger partial charge in [0.25, 0.3) is 0 Å². The van der Waals surface area contributed by atoms with Crippen LogP contribution < -0.4 is 4.74 Å². The van der Waals surface area contributed by atoms with E-state index in [-0.39, 0.29) is 0 Å². The Morgan fingerprint density at radius 1 is 1.29 bits per heavy atom. The maximum Gasteiger partial charge on any atom is 0.122 e. The van der Waals surface area contributed by atoms with Crippen LogP contribution in [-0.4, -0.2) is 7.11 Å². The highest BCUT2D eigenvalue weighted by atomic mass is 16.5. The molecule has 1 rings (SSSR count). The summed E-state index contributed by atoms with van der Waals surface area (Å²) in [6.07, 6.45) is 2.22. The zero-order valence-electron chi connectivity index (χ0n) is 9.63. The Bertz CT molecular complexity index is 291. The van der Waals surface area contributed by atoms with E-state index in [0.717, 1.165) is 18.6 Å². The quantitative estimate of drug-likeness (QED) is 0.705. The van der Waals surface area contributed by atoms with Crippen LogP contribution in [0.3, 0.4) is 0 Å². The van der Waals surface area contributed by atoms with Crippen molar-refractivity contribution in [2.75, 3.05) is 7.11 Å². The molecule has 1 atom stereocenters. The van der Waals surface area contributed by atoms with Gasteiger partial charge in [0.15, 0.2) is 0 Å². The van der Waals surface area contributed by atoms with Gasteiger partial charge in [-0.15, -0.1) is 0 Å². The van der Waals surface area contributed by atoms with Gasteiger partial charge in [-0.2, -0.15) is 0 Å². The minimum atomic E-state index is 0.579. The van der Waals surface area contributed by atoms with Gasteiger partial charge < -0.3 is 4.74 Å². The van der Waals surface area contributed by atoms with Crippen LogP contribution in [0.5, 0.6) is 5.75 Å². The molecular weight excluding hydrogens is 172 g/mol. The first-order valence-corrected chi connectivity index (χ1v) is 5.39. The van der Waals surface area contributed by atoms with Crippen LogP contribution in [0.2, 0.25) is 0 Å². The van der Waals surface area contributed by atoms with Crippen LogP contribution in [0.25, 0.3) is 0 Å². The van der Waals surface area contributed by atoms with E-state index in [1.165, 1.54) is 11.1 Å². The molecule has 0 amide bonds. The molecule has 0 bridgehead atoms. The van der Waals surface area contributed by atoms with Crippen LogP contribution in [-0.2, 0) is 6.42 Å². The third kappa shape index (κ3) is 2.28. The first kappa shape index (κ1) is 11.1. The van der Waals surface area contributed by atoms with E-state index in [2.05, 4.69) is 39.0 Å². The molecular formula is C13H20O. The molecule has 1 aromatic carbocycles. The lowest BCUT2D eigenvalue weighted by Crippen LogP contribution is -1.97. The molecule has 14 heavy (non-hydrogen) atoms. The monoisotopic (exact) mass is 192 g/mol. The molecule has 0 aliphatic rings. The van der Waals surface area contributed by atoms with Crippen molar-refractivity contribution in [1.82, 2.24) is 0 Å². The Labute approximate surface area is 87.1 Å². The van der Waals surface area contributed by atoms with Gasteiger partial charge in [0.2, 0.25) is 0 Å². The molecule has 0 spiro atoms. The molecule has 0 radical (unpaired) electrons. The predicted octanol–water partition coefficient (Wildman–Crippen LogP) is 3.77. The third-order valence-electron chi connectivity index (χ3n) is 2.85. The molecule has 0 aromatic heterocycles. The van der Waals surface area contributed by atoms with Gasteiger partial charge >= 0.3 is 0 Å². The number of hydrogen-bond donors (Lipinski definition) is 0. The topological polar surface area (TPSA) is 9.23 Å². The summed E-state index contributed by atoms with van der Waals surface area (Å²) in [6.45, 7) is 6.61. The Morgan fingerprint density at radius 3 is 2.50 bits per heavy atom. The van der Waals surface area contributed by atoms with Crippen LogP contribution in [0.4, 0.5) is 0 Å². The van der Waals surface area contributed by atoms with Crippen molar-refractivity contribution in [2.24, 2.45) is 0 Å². The minimum Gasteiger partial charge on any atom is -0.496 e. The van der Waals surface area contributed by atoms with Gasteiger partial charge in [0.1, 0.15) is 5.75 Å². The van der Waals surface area contributed by atoms with Gasteiger partial charge in [0, 0.05) is 0 Å². The van der Waals surface area contributed by atoms with Crippen LogP contribution in [0.15, 0.2) is 18.2 Å². The molecule has 0 saturated heterocycles. The smallest absolute Gasteiger partial charge is 0.122 e. The predicted molar refractivity (Wildman–Crippen MR) is 61.1 cm³/mol. The molecule has 0 N–H and O–H groups in total. The maximum atomic E-state index is 5.41. The lowest BCUT2D eigenvalue weighted by Gasteiger charge is -2.14. The fourth-order valence-electron chi connectivity index (χ4n) is 1.60. The number of benzene rings is 1. The Balaban J connectivity index is 3.04. The summed E-state index contributed by atoms with van der Waals surface area (Å²) in [5.74, 6) is 1.62. The summed E-state index contributed by atoms with van der Waals surface area (Å²) >= 11 is 0. The van der Waals surface area contributed by atoms with Gasteiger partial charge in [-0.3, -0.25) is 0 Å². The molecule has 1 nitrogen and oxygen atoms in total. The number of ether oxygens (including phenoxy) is 1. The van der Waals surface area contributed by atoms with E-state index in [1.807, 2.05) is 0 Å². The number of methoxy groups -OCH3 is 1. The van der Waals surface area contributed by atoms with Crippen molar-refractivity contribution in [1.29, 1.82) is 0 Å². The number of rotatable bonds is 4. The summed E-state index contributed by atoms with van der Waals surface area (Å²) in [5.41, 5.74) is 2.67. The number of aryl methyl sites for hydroxylation is 1. The first-order valence-electron chi connectivity index (χ1n) is 5.39. The zero-order chi connectivity index (χ0) is 10.6. The molecule has 0 fully saturated rings. The van der Waals surface area contributed by atoms with Crippen LogP contribution in [0, 0.1) is 0 Å². The van der Waals surface area contributed by atoms with Gasteiger partial charge in [-0.05, 0) is 36.0 Å². The highest BCUT2D eigenvalue weighted by molar-refractivity contribution is 5.39. The largest absolute Gasteiger partial charge is 0.496 e. The van der Waals surface area contributed by atoms with E-state index in [0.29, 0.717) is 5.92 Å². The summed E-state index contributed by atoms with van der Waals surface area (Å²) in [7, 11) is 1.75. The molecule has 1 unspecified atom stereocenters. The highest BCUT2D eigenvalue weighted by Gasteiger charge is 2.09. The average molecular weight is 192 g/mol. The van der Waals surface area contributed by atoms with E-state index in [1.54, 1.807) is 7.11 Å². The van der Waals surface area contributed by atoms with Crippen molar-refractivity contribution >= 4 is 0 Å². The van der Waals surface area contributed by atoms with Gasteiger partial charge in [-0.25, -0.2) is 0 Å². The van der Waals surface area contributed by atoms with Crippen molar-refractivity contribution in [2.45, 2.75) is 39.5 Å². The van der Waals surface area contributed by atoms with Gasteiger partial charge in [-0.1, -0.05) is 32.9 Å². The Morgan fingerprint density at radius 2 is 2.00 bits per heavy atom. The summed E-state index contributed by atoms with van der Waals surface area (Å²) < 4.78 is 5.41. The second-order valence-electron chi connectivity index (χ2n) is 3.74. The Kier molecular flexibility index (Phi) is 3.99. The van der Waals surface area contributed by atoms with Crippen molar-refractivity contribution in [3.8, 4) is 5.75 Å². The van der Waals surface area contributed by atoms with Crippen LogP contribution in [0.1, 0.15) is 44.2 Å². The SMILES string of the molecule is CCc1ccc(C(C)CC)c(OC)c1. The lowest BCUT2D eigenvalue weighted by atomic mass is 9.96. The molecule has 1 aromatic rings. The fraction of sp³-hybridized carbons (Fsp3) is 0.538. The molecule has 0 aliphatic carbocycles. The summed E-state index contributed by atoms with van der Waals surface area (Å²) in [6, 6.07) is 6.55. The maximum absolute atomic E-state index is 5.41.